The summed E-state index contributed by atoms with van der Waals surface area (Å²) in [7, 11) is 0. The van der Waals surface area contributed by atoms with E-state index < -0.39 is 6.10 Å². The molecule has 0 heterocycles. The molecule has 18 heavy (non-hydrogen) atoms. The minimum Gasteiger partial charge on any atom is -0.481 e. The molecule has 0 aliphatic carbocycles. The molecule has 0 aromatic heterocycles. The fourth-order valence-corrected chi connectivity index (χ4v) is 1.57. The van der Waals surface area contributed by atoms with Gasteiger partial charge in [-0.2, -0.15) is 0 Å². The van der Waals surface area contributed by atoms with Crippen LogP contribution in [0.2, 0.25) is 0 Å². The summed E-state index contributed by atoms with van der Waals surface area (Å²) >= 11 is 0. The zero-order valence-corrected chi connectivity index (χ0v) is 11.7. The van der Waals surface area contributed by atoms with Gasteiger partial charge in [-0.3, -0.25) is 4.79 Å². The van der Waals surface area contributed by atoms with Gasteiger partial charge < -0.3 is 10.1 Å². The summed E-state index contributed by atoms with van der Waals surface area (Å²) < 4.78 is 5.60. The first-order chi connectivity index (χ1) is 8.49. The predicted molar refractivity (Wildman–Crippen MR) is 73.7 cm³/mol. The molecule has 1 atom stereocenters. The molecular formula is C15H23NO2. The summed E-state index contributed by atoms with van der Waals surface area (Å²) in [6, 6.07) is 7.72. The molecule has 0 spiro atoms. The Kier molecular flexibility index (Phi) is 5.69. The molecule has 100 valence electrons. The number of carbonyl (C=O) groups excluding carboxylic acids is 1. The Bertz CT molecular complexity index is 388. The maximum atomic E-state index is 11.8. The average molecular weight is 249 g/mol. The van der Waals surface area contributed by atoms with E-state index in [-0.39, 0.29) is 5.91 Å². The highest BCUT2D eigenvalue weighted by molar-refractivity contribution is 5.80. The van der Waals surface area contributed by atoms with Gasteiger partial charge >= 0.3 is 0 Å². The first-order valence-electron chi connectivity index (χ1n) is 6.50. The van der Waals surface area contributed by atoms with E-state index in [0.717, 1.165) is 17.7 Å². The summed E-state index contributed by atoms with van der Waals surface area (Å²) in [5.74, 6) is 1.27. The van der Waals surface area contributed by atoms with E-state index in [0.29, 0.717) is 12.5 Å². The van der Waals surface area contributed by atoms with Crippen molar-refractivity contribution in [2.45, 2.75) is 40.2 Å². The third-order valence-electron chi connectivity index (χ3n) is 2.69. The lowest BCUT2D eigenvalue weighted by atomic mass is 10.1. The largest absolute Gasteiger partial charge is 0.481 e. The summed E-state index contributed by atoms with van der Waals surface area (Å²) in [5.41, 5.74) is 1.12. The molecule has 0 radical (unpaired) electrons. The lowest BCUT2D eigenvalue weighted by molar-refractivity contribution is -0.127. The molecule has 0 fully saturated rings. The van der Waals surface area contributed by atoms with Crippen LogP contribution >= 0.6 is 0 Å². The number of carbonyl (C=O) groups is 1. The third kappa shape index (κ3) is 5.21. The quantitative estimate of drug-likeness (QED) is 0.841. The van der Waals surface area contributed by atoms with E-state index in [1.807, 2.05) is 31.2 Å². The SMILES string of the molecule is Cc1cccc(O[C@@H](C)C(=O)NCCC(C)C)c1. The van der Waals surface area contributed by atoms with Crippen molar-refractivity contribution in [3.8, 4) is 5.75 Å². The molecule has 1 aromatic carbocycles. The Morgan fingerprint density at radius 3 is 2.67 bits per heavy atom. The third-order valence-corrected chi connectivity index (χ3v) is 2.69. The van der Waals surface area contributed by atoms with Crippen molar-refractivity contribution in [2.24, 2.45) is 5.92 Å². The van der Waals surface area contributed by atoms with E-state index >= 15 is 0 Å². The number of aryl methyl sites for hydroxylation is 1. The van der Waals surface area contributed by atoms with Gasteiger partial charge in [0.05, 0.1) is 0 Å². The Morgan fingerprint density at radius 1 is 1.33 bits per heavy atom. The second-order valence-electron chi connectivity index (χ2n) is 5.05. The number of ether oxygens (including phenoxy) is 1. The van der Waals surface area contributed by atoms with Crippen LogP contribution in [0.15, 0.2) is 24.3 Å². The van der Waals surface area contributed by atoms with Crippen molar-refractivity contribution >= 4 is 5.91 Å². The fraction of sp³-hybridized carbons (Fsp3) is 0.533. The first kappa shape index (κ1) is 14.6. The fourth-order valence-electron chi connectivity index (χ4n) is 1.57. The van der Waals surface area contributed by atoms with Gasteiger partial charge in [0.25, 0.3) is 5.91 Å². The first-order valence-corrected chi connectivity index (χ1v) is 6.50. The smallest absolute Gasteiger partial charge is 0.260 e. The number of hydrogen-bond donors (Lipinski definition) is 1. The molecule has 0 aliphatic heterocycles. The maximum Gasteiger partial charge on any atom is 0.260 e. The monoisotopic (exact) mass is 249 g/mol. The van der Waals surface area contributed by atoms with Crippen molar-refractivity contribution in [1.29, 1.82) is 0 Å². The van der Waals surface area contributed by atoms with Crippen molar-refractivity contribution in [3.05, 3.63) is 29.8 Å². The highest BCUT2D eigenvalue weighted by Crippen LogP contribution is 2.14. The van der Waals surface area contributed by atoms with Crippen LogP contribution in [0.4, 0.5) is 0 Å². The van der Waals surface area contributed by atoms with Crippen LogP contribution in [-0.2, 0) is 4.79 Å². The highest BCUT2D eigenvalue weighted by Gasteiger charge is 2.13. The Hall–Kier alpha value is -1.51. The van der Waals surface area contributed by atoms with Crippen LogP contribution in [0.3, 0.4) is 0 Å². The van der Waals surface area contributed by atoms with E-state index in [1.165, 1.54) is 0 Å². The molecule has 0 unspecified atom stereocenters. The molecule has 0 saturated heterocycles. The van der Waals surface area contributed by atoms with Crippen molar-refractivity contribution in [1.82, 2.24) is 5.32 Å². The molecule has 3 nitrogen and oxygen atoms in total. The Labute approximate surface area is 110 Å². The zero-order valence-electron chi connectivity index (χ0n) is 11.7. The molecule has 1 aromatic rings. The van der Waals surface area contributed by atoms with Gasteiger partial charge in [0.15, 0.2) is 6.10 Å². The zero-order chi connectivity index (χ0) is 13.5. The number of nitrogens with one attached hydrogen (secondary N) is 1. The predicted octanol–water partition coefficient (Wildman–Crippen LogP) is 2.92. The number of rotatable bonds is 6. The molecule has 1 amide bonds. The molecular weight excluding hydrogens is 226 g/mol. The van der Waals surface area contributed by atoms with E-state index in [4.69, 9.17) is 4.74 Å². The van der Waals surface area contributed by atoms with Gasteiger partial charge in [-0.25, -0.2) is 0 Å². The van der Waals surface area contributed by atoms with Crippen molar-refractivity contribution in [2.75, 3.05) is 6.54 Å². The number of hydrogen-bond acceptors (Lipinski definition) is 2. The van der Waals surface area contributed by atoms with Gasteiger partial charge in [-0.05, 0) is 43.9 Å². The minimum absolute atomic E-state index is 0.0582. The van der Waals surface area contributed by atoms with E-state index in [1.54, 1.807) is 6.92 Å². The van der Waals surface area contributed by atoms with E-state index in [2.05, 4.69) is 19.2 Å². The van der Waals surface area contributed by atoms with Crippen LogP contribution in [0.5, 0.6) is 5.75 Å². The minimum atomic E-state index is -0.459. The standard InChI is InChI=1S/C15H23NO2/c1-11(2)8-9-16-15(17)13(4)18-14-7-5-6-12(3)10-14/h5-7,10-11,13H,8-9H2,1-4H3,(H,16,17)/t13-/m0/s1. The van der Waals surface area contributed by atoms with Crippen LogP contribution in [0.25, 0.3) is 0 Å². The van der Waals surface area contributed by atoms with Crippen molar-refractivity contribution in [3.63, 3.8) is 0 Å². The van der Waals surface area contributed by atoms with Gasteiger partial charge in [0.2, 0.25) is 0 Å². The number of benzene rings is 1. The normalized spacial score (nSPS) is 12.3. The lowest BCUT2D eigenvalue weighted by Gasteiger charge is -2.15. The maximum absolute atomic E-state index is 11.8. The van der Waals surface area contributed by atoms with Gasteiger partial charge in [-0.1, -0.05) is 26.0 Å². The highest BCUT2D eigenvalue weighted by atomic mass is 16.5. The summed E-state index contributed by atoms with van der Waals surface area (Å²) in [6.45, 7) is 8.75. The molecule has 3 heteroatoms. The van der Waals surface area contributed by atoms with Crippen LogP contribution in [0.1, 0.15) is 32.8 Å². The average Bonchev–Trinajstić information content (AvgIpc) is 2.28. The summed E-state index contributed by atoms with van der Waals surface area (Å²) in [5, 5.41) is 2.88. The number of amides is 1. The second kappa shape index (κ2) is 7.04. The molecule has 1 rings (SSSR count). The summed E-state index contributed by atoms with van der Waals surface area (Å²) in [4.78, 5) is 11.8. The van der Waals surface area contributed by atoms with Gasteiger partial charge in [0, 0.05) is 6.54 Å². The molecule has 0 bridgehead atoms. The van der Waals surface area contributed by atoms with Crippen LogP contribution < -0.4 is 10.1 Å². The van der Waals surface area contributed by atoms with Crippen molar-refractivity contribution < 1.29 is 9.53 Å². The van der Waals surface area contributed by atoms with Crippen LogP contribution in [-0.4, -0.2) is 18.6 Å². The second-order valence-corrected chi connectivity index (χ2v) is 5.05. The van der Waals surface area contributed by atoms with E-state index in [9.17, 15) is 4.79 Å². The molecule has 0 saturated carbocycles. The van der Waals surface area contributed by atoms with Gasteiger partial charge in [-0.15, -0.1) is 0 Å². The summed E-state index contributed by atoms with van der Waals surface area (Å²) in [6.07, 6.45) is 0.530. The van der Waals surface area contributed by atoms with Crippen LogP contribution in [0, 0.1) is 12.8 Å². The Balaban J connectivity index is 2.40. The Morgan fingerprint density at radius 2 is 2.06 bits per heavy atom. The lowest BCUT2D eigenvalue weighted by Crippen LogP contribution is -2.37. The molecule has 1 N–H and O–H groups in total. The van der Waals surface area contributed by atoms with Gasteiger partial charge in [0.1, 0.15) is 5.75 Å². The topological polar surface area (TPSA) is 38.3 Å². The molecule has 0 aliphatic rings.